The largest absolute Gasteiger partial charge is 0.503 e. The second-order valence-electron chi connectivity index (χ2n) is 6.47. The van der Waals surface area contributed by atoms with Crippen LogP contribution in [0.25, 0.3) is 10.2 Å². The van der Waals surface area contributed by atoms with E-state index in [1.807, 2.05) is 24.3 Å². The molecule has 0 aliphatic carbocycles. The van der Waals surface area contributed by atoms with Gasteiger partial charge in [-0.25, -0.2) is 13.4 Å². The Hall–Kier alpha value is -3.30. The van der Waals surface area contributed by atoms with Crippen LogP contribution in [-0.4, -0.2) is 32.7 Å². The highest BCUT2D eigenvalue weighted by Crippen LogP contribution is 2.38. The van der Waals surface area contributed by atoms with Crippen molar-refractivity contribution >= 4 is 48.1 Å². The van der Waals surface area contributed by atoms with Crippen LogP contribution >= 0.6 is 11.3 Å². The Labute approximate surface area is 178 Å². The number of hydrogen-bond donors (Lipinski definition) is 2. The molecule has 154 valence electrons. The first-order chi connectivity index (χ1) is 14.4. The molecule has 0 saturated carbocycles. The summed E-state index contributed by atoms with van der Waals surface area (Å²) in [7, 11) is -0.519. The van der Waals surface area contributed by atoms with E-state index in [1.54, 1.807) is 42.3 Å². The lowest BCUT2D eigenvalue weighted by atomic mass is 10.2. The van der Waals surface area contributed by atoms with Gasteiger partial charge in [-0.15, -0.1) is 0 Å². The number of anilines is 3. The van der Waals surface area contributed by atoms with Gasteiger partial charge in [-0.2, -0.15) is 0 Å². The van der Waals surface area contributed by atoms with Crippen LogP contribution in [0.1, 0.15) is 0 Å². The fourth-order valence-corrected chi connectivity index (χ4v) is 5.12. The topological polar surface area (TPSA) is 91.8 Å². The number of fused-ring (bicyclic) bond motifs is 1. The van der Waals surface area contributed by atoms with E-state index < -0.39 is 10.0 Å². The Bertz CT molecular complexity index is 1270. The van der Waals surface area contributed by atoms with E-state index >= 15 is 0 Å². The van der Waals surface area contributed by atoms with Gasteiger partial charge in [0.2, 0.25) is 0 Å². The maximum absolute atomic E-state index is 12.8. The minimum atomic E-state index is -3.78. The molecule has 0 fully saturated rings. The molecule has 2 N–H and O–H groups in total. The van der Waals surface area contributed by atoms with E-state index in [0.717, 1.165) is 10.2 Å². The number of aromatic nitrogens is 1. The highest BCUT2D eigenvalue weighted by atomic mass is 32.2. The molecule has 0 amide bonds. The maximum atomic E-state index is 12.8. The zero-order valence-electron chi connectivity index (χ0n) is 16.2. The smallest absolute Gasteiger partial charge is 0.263 e. The second kappa shape index (κ2) is 7.85. The van der Waals surface area contributed by atoms with Crippen molar-refractivity contribution in [2.75, 3.05) is 23.8 Å². The summed E-state index contributed by atoms with van der Waals surface area (Å²) in [6, 6.07) is 19.0. The number of thiazole rings is 1. The van der Waals surface area contributed by atoms with Gasteiger partial charge < -0.3 is 14.7 Å². The number of phenolic OH excluding ortho intramolecular Hbond substituents is 1. The number of sulfonamides is 1. The van der Waals surface area contributed by atoms with Crippen molar-refractivity contribution in [3.8, 4) is 11.5 Å². The van der Waals surface area contributed by atoms with E-state index in [-0.39, 0.29) is 10.6 Å². The van der Waals surface area contributed by atoms with Crippen LogP contribution in [-0.2, 0) is 10.0 Å². The molecule has 7 nitrogen and oxygen atoms in total. The first-order valence-corrected chi connectivity index (χ1v) is 11.3. The number of benzene rings is 3. The lowest BCUT2D eigenvalue weighted by molar-refractivity contribution is 0.374. The molecule has 4 aromatic rings. The Morgan fingerprint density at radius 1 is 1.03 bits per heavy atom. The van der Waals surface area contributed by atoms with Crippen LogP contribution in [0.4, 0.5) is 16.5 Å². The van der Waals surface area contributed by atoms with Gasteiger partial charge in [0.25, 0.3) is 10.0 Å². The van der Waals surface area contributed by atoms with E-state index in [2.05, 4.69) is 9.71 Å². The highest BCUT2D eigenvalue weighted by molar-refractivity contribution is 7.93. The van der Waals surface area contributed by atoms with Crippen molar-refractivity contribution in [1.82, 2.24) is 4.98 Å². The van der Waals surface area contributed by atoms with Gasteiger partial charge in [0.1, 0.15) is 0 Å². The SMILES string of the molecule is COc1cccc(N(C)c2ccc(S(=O)(=O)Nc3nc4ccccc4s3)cc2)c1O. The van der Waals surface area contributed by atoms with Gasteiger partial charge in [0.15, 0.2) is 16.6 Å². The van der Waals surface area contributed by atoms with Gasteiger partial charge in [0, 0.05) is 12.7 Å². The van der Waals surface area contributed by atoms with E-state index in [9.17, 15) is 13.5 Å². The molecule has 0 saturated heterocycles. The highest BCUT2D eigenvalue weighted by Gasteiger charge is 2.18. The summed E-state index contributed by atoms with van der Waals surface area (Å²) in [5.41, 5.74) is 1.99. The summed E-state index contributed by atoms with van der Waals surface area (Å²) in [5, 5.41) is 10.7. The molecule has 0 bridgehead atoms. The second-order valence-corrected chi connectivity index (χ2v) is 9.19. The molecule has 1 aromatic heterocycles. The van der Waals surface area contributed by atoms with Gasteiger partial charge in [0.05, 0.1) is 27.9 Å². The van der Waals surface area contributed by atoms with E-state index in [0.29, 0.717) is 22.3 Å². The number of aromatic hydroxyl groups is 1. The van der Waals surface area contributed by atoms with Crippen LogP contribution in [0.15, 0.2) is 71.6 Å². The Balaban J connectivity index is 1.58. The molecular weight excluding hydrogens is 422 g/mol. The van der Waals surface area contributed by atoms with Gasteiger partial charge in [-0.3, -0.25) is 4.72 Å². The lowest BCUT2D eigenvalue weighted by Crippen LogP contribution is -2.14. The third-order valence-corrected chi connectivity index (χ3v) is 7.04. The number of para-hydroxylation sites is 2. The summed E-state index contributed by atoms with van der Waals surface area (Å²) in [4.78, 5) is 6.18. The number of nitrogens with one attached hydrogen (secondary N) is 1. The third-order valence-electron chi connectivity index (χ3n) is 4.61. The lowest BCUT2D eigenvalue weighted by Gasteiger charge is -2.21. The molecule has 1 heterocycles. The number of phenols is 1. The first kappa shape index (κ1) is 20.0. The summed E-state index contributed by atoms with van der Waals surface area (Å²) in [6.45, 7) is 0. The average molecular weight is 442 g/mol. The molecular formula is C21H19N3O4S2. The number of ether oxygens (including phenoxy) is 1. The predicted molar refractivity (Wildman–Crippen MR) is 120 cm³/mol. The Kier molecular flexibility index (Phi) is 5.23. The van der Waals surface area contributed by atoms with Gasteiger partial charge in [-0.05, 0) is 48.5 Å². The summed E-state index contributed by atoms with van der Waals surface area (Å²) < 4.78 is 34.1. The molecule has 0 aliphatic rings. The Morgan fingerprint density at radius 3 is 2.47 bits per heavy atom. The number of nitrogens with zero attached hydrogens (tertiary/aromatic N) is 2. The normalized spacial score (nSPS) is 11.4. The fourth-order valence-electron chi connectivity index (χ4n) is 3.02. The zero-order chi connectivity index (χ0) is 21.3. The van der Waals surface area contributed by atoms with Gasteiger partial charge in [-0.1, -0.05) is 29.5 Å². The van der Waals surface area contributed by atoms with Crippen LogP contribution in [0, 0.1) is 0 Å². The number of methoxy groups -OCH3 is 1. The molecule has 0 radical (unpaired) electrons. The molecule has 0 atom stereocenters. The minimum Gasteiger partial charge on any atom is -0.503 e. The van der Waals surface area contributed by atoms with Crippen molar-refractivity contribution in [3.63, 3.8) is 0 Å². The van der Waals surface area contributed by atoms with Gasteiger partial charge >= 0.3 is 0 Å². The van der Waals surface area contributed by atoms with Crippen molar-refractivity contribution in [2.24, 2.45) is 0 Å². The average Bonchev–Trinajstić information content (AvgIpc) is 3.15. The molecule has 4 rings (SSSR count). The van der Waals surface area contributed by atoms with Crippen molar-refractivity contribution in [1.29, 1.82) is 0 Å². The maximum Gasteiger partial charge on any atom is 0.263 e. The molecule has 0 unspecified atom stereocenters. The molecule has 9 heteroatoms. The molecule has 30 heavy (non-hydrogen) atoms. The van der Waals surface area contributed by atoms with Crippen molar-refractivity contribution < 1.29 is 18.3 Å². The predicted octanol–water partition coefficient (Wildman–Crippen LogP) is 4.58. The van der Waals surface area contributed by atoms with E-state index in [1.165, 1.54) is 30.6 Å². The first-order valence-electron chi connectivity index (χ1n) is 8.97. The van der Waals surface area contributed by atoms with Crippen LogP contribution in [0.5, 0.6) is 11.5 Å². The van der Waals surface area contributed by atoms with E-state index in [4.69, 9.17) is 4.74 Å². The van der Waals surface area contributed by atoms with Crippen LogP contribution in [0.3, 0.4) is 0 Å². The molecule has 3 aromatic carbocycles. The Morgan fingerprint density at radius 2 is 1.77 bits per heavy atom. The number of hydrogen-bond acceptors (Lipinski definition) is 7. The summed E-state index contributed by atoms with van der Waals surface area (Å²) in [6.07, 6.45) is 0. The van der Waals surface area contributed by atoms with Crippen molar-refractivity contribution in [2.45, 2.75) is 4.90 Å². The van der Waals surface area contributed by atoms with Crippen LogP contribution in [0.2, 0.25) is 0 Å². The summed E-state index contributed by atoms with van der Waals surface area (Å²) >= 11 is 1.28. The molecule has 0 aliphatic heterocycles. The third kappa shape index (κ3) is 3.77. The molecule has 0 spiro atoms. The summed E-state index contributed by atoms with van der Waals surface area (Å²) in [5.74, 6) is 0.371. The van der Waals surface area contributed by atoms with Crippen LogP contribution < -0.4 is 14.4 Å². The standard InChI is InChI=1S/C21H19N3O4S2/c1-24(17-7-5-8-18(28-2)20(17)25)14-10-12-15(13-11-14)30(26,27)23-21-22-16-6-3-4-9-19(16)29-21/h3-13,25H,1-2H3,(H,22,23). The zero-order valence-corrected chi connectivity index (χ0v) is 17.9. The van der Waals surface area contributed by atoms with Crippen molar-refractivity contribution in [3.05, 3.63) is 66.7 Å². The monoisotopic (exact) mass is 441 g/mol. The quantitative estimate of drug-likeness (QED) is 0.455. The number of rotatable bonds is 6. The minimum absolute atomic E-state index is 0.0108. The fraction of sp³-hybridized carbons (Fsp3) is 0.0952.